The van der Waals surface area contributed by atoms with Crippen LogP contribution in [0.1, 0.15) is 38.1 Å². The van der Waals surface area contributed by atoms with Gasteiger partial charge in [-0.3, -0.25) is 5.32 Å². The first-order valence-electron chi connectivity index (χ1n) is 9.38. The number of nitrogens with one attached hydrogen (secondary N) is 2. The summed E-state index contributed by atoms with van der Waals surface area (Å²) in [5.41, 5.74) is 1.35. The van der Waals surface area contributed by atoms with Gasteiger partial charge in [0.05, 0.1) is 24.0 Å². The fourth-order valence-corrected chi connectivity index (χ4v) is 2.80. The predicted molar refractivity (Wildman–Crippen MR) is 111 cm³/mol. The molecule has 1 aromatic heterocycles. The number of benzene rings is 2. The van der Waals surface area contributed by atoms with Gasteiger partial charge >= 0.3 is 6.03 Å². The minimum atomic E-state index is -0.793. The second kappa shape index (κ2) is 8.45. The Morgan fingerprint density at radius 1 is 1.10 bits per heavy atom. The number of carbonyl (C=O) groups is 1. The molecule has 3 N–H and O–H groups in total. The lowest BCUT2D eigenvalue weighted by molar-refractivity contribution is 0.152. The third-order valence-corrected chi connectivity index (χ3v) is 4.44. The van der Waals surface area contributed by atoms with Crippen molar-refractivity contribution in [1.29, 1.82) is 0 Å². The number of rotatable bonds is 5. The van der Waals surface area contributed by atoms with Crippen molar-refractivity contribution in [2.45, 2.75) is 38.8 Å². The molecule has 3 aromatic rings. The molecule has 0 bridgehead atoms. The van der Waals surface area contributed by atoms with Gasteiger partial charge in [0.15, 0.2) is 0 Å². The lowest BCUT2D eigenvalue weighted by Crippen LogP contribution is -2.23. The summed E-state index contributed by atoms with van der Waals surface area (Å²) in [5.74, 6) is -0.107. The van der Waals surface area contributed by atoms with Crippen LogP contribution in [0.3, 0.4) is 0 Å². The molecule has 152 valence electrons. The molecule has 7 heteroatoms. The number of hydrogen-bond donors (Lipinski definition) is 3. The zero-order chi connectivity index (χ0) is 21.0. The maximum absolute atomic E-state index is 13.8. The summed E-state index contributed by atoms with van der Waals surface area (Å²) >= 11 is 0. The van der Waals surface area contributed by atoms with Gasteiger partial charge in [-0.2, -0.15) is 5.10 Å². The molecule has 0 saturated carbocycles. The summed E-state index contributed by atoms with van der Waals surface area (Å²) in [6.45, 7) is 6.19. The Labute approximate surface area is 169 Å². The SMILES string of the molecule is CC(C)(C)c1cc(NC(=O)Nc2ccccc2F)n(CC(O)c2ccccc2)n1. The summed E-state index contributed by atoms with van der Waals surface area (Å²) in [6.07, 6.45) is -0.793. The van der Waals surface area contributed by atoms with Gasteiger partial charge in [0, 0.05) is 11.5 Å². The Hall–Kier alpha value is -3.19. The quantitative estimate of drug-likeness (QED) is 0.585. The van der Waals surface area contributed by atoms with Gasteiger partial charge in [-0.1, -0.05) is 63.2 Å². The lowest BCUT2D eigenvalue weighted by Gasteiger charge is -2.15. The number of anilines is 2. The monoisotopic (exact) mass is 396 g/mol. The lowest BCUT2D eigenvalue weighted by atomic mass is 9.92. The van der Waals surface area contributed by atoms with Crippen LogP contribution in [0.5, 0.6) is 0 Å². The standard InChI is InChI=1S/C22H25FN4O2/c1-22(2,3)19-13-20(25-21(29)24-17-12-8-7-11-16(17)23)27(26-19)14-18(28)15-9-5-4-6-10-15/h4-13,18,28H,14H2,1-3H3,(H2,24,25,29). The number of hydrogen-bond acceptors (Lipinski definition) is 3. The summed E-state index contributed by atoms with van der Waals surface area (Å²) < 4.78 is 15.3. The van der Waals surface area contributed by atoms with Crippen molar-refractivity contribution in [3.63, 3.8) is 0 Å². The third kappa shape index (κ3) is 5.20. The van der Waals surface area contributed by atoms with Gasteiger partial charge in [-0.25, -0.2) is 13.9 Å². The van der Waals surface area contributed by atoms with Gasteiger partial charge in [0.2, 0.25) is 0 Å². The molecule has 0 spiro atoms. The zero-order valence-electron chi connectivity index (χ0n) is 16.7. The topological polar surface area (TPSA) is 79.2 Å². The molecule has 0 aliphatic carbocycles. The van der Waals surface area contributed by atoms with Crippen LogP contribution in [0.2, 0.25) is 0 Å². The molecule has 29 heavy (non-hydrogen) atoms. The highest BCUT2D eigenvalue weighted by Gasteiger charge is 2.22. The molecule has 1 atom stereocenters. The van der Waals surface area contributed by atoms with Gasteiger partial charge in [-0.15, -0.1) is 0 Å². The number of carbonyl (C=O) groups excluding carboxylic acids is 1. The summed E-state index contributed by atoms with van der Waals surface area (Å²) in [7, 11) is 0. The molecular weight excluding hydrogens is 371 g/mol. The number of aliphatic hydroxyl groups is 1. The number of halogens is 1. The number of aromatic nitrogens is 2. The van der Waals surface area contributed by atoms with E-state index in [1.54, 1.807) is 22.9 Å². The minimum absolute atomic E-state index is 0.0800. The number of amides is 2. The first kappa shape index (κ1) is 20.5. The van der Waals surface area contributed by atoms with E-state index in [1.807, 2.05) is 51.1 Å². The molecule has 0 saturated heterocycles. The number of aliphatic hydroxyl groups excluding tert-OH is 1. The van der Waals surface area contributed by atoms with E-state index in [0.29, 0.717) is 5.82 Å². The van der Waals surface area contributed by atoms with Crippen LogP contribution < -0.4 is 10.6 Å². The average molecular weight is 396 g/mol. The fourth-order valence-electron chi connectivity index (χ4n) is 2.80. The van der Waals surface area contributed by atoms with Crippen LogP contribution in [0, 0.1) is 5.82 Å². The Balaban J connectivity index is 1.82. The van der Waals surface area contributed by atoms with E-state index >= 15 is 0 Å². The first-order valence-corrected chi connectivity index (χ1v) is 9.38. The molecule has 1 unspecified atom stereocenters. The number of urea groups is 1. The van der Waals surface area contributed by atoms with Crippen molar-refractivity contribution in [3.05, 3.63) is 77.7 Å². The predicted octanol–water partition coefficient (Wildman–Crippen LogP) is 4.70. The van der Waals surface area contributed by atoms with Crippen molar-refractivity contribution in [3.8, 4) is 0 Å². The molecule has 0 fully saturated rings. The average Bonchev–Trinajstić information content (AvgIpc) is 3.07. The summed E-state index contributed by atoms with van der Waals surface area (Å²) in [4.78, 5) is 12.4. The third-order valence-electron chi connectivity index (χ3n) is 4.44. The van der Waals surface area contributed by atoms with Crippen molar-refractivity contribution in [1.82, 2.24) is 9.78 Å². The Morgan fingerprint density at radius 2 is 1.76 bits per heavy atom. The smallest absolute Gasteiger partial charge is 0.324 e. The van der Waals surface area contributed by atoms with Crippen molar-refractivity contribution in [2.75, 3.05) is 10.6 Å². The van der Waals surface area contributed by atoms with Gasteiger partial charge in [0.1, 0.15) is 11.6 Å². The van der Waals surface area contributed by atoms with Gasteiger partial charge in [-0.05, 0) is 17.7 Å². The number of para-hydroxylation sites is 1. The van der Waals surface area contributed by atoms with E-state index in [1.165, 1.54) is 12.1 Å². The maximum atomic E-state index is 13.8. The van der Waals surface area contributed by atoms with Gasteiger partial charge < -0.3 is 10.4 Å². The molecule has 2 amide bonds. The Morgan fingerprint density at radius 3 is 2.41 bits per heavy atom. The largest absolute Gasteiger partial charge is 0.386 e. The Bertz CT molecular complexity index is 980. The highest BCUT2D eigenvalue weighted by atomic mass is 19.1. The zero-order valence-corrected chi connectivity index (χ0v) is 16.7. The molecule has 2 aromatic carbocycles. The van der Waals surface area contributed by atoms with Crippen molar-refractivity contribution in [2.24, 2.45) is 0 Å². The molecule has 0 aliphatic heterocycles. The molecule has 3 rings (SSSR count). The summed E-state index contributed by atoms with van der Waals surface area (Å²) in [5, 5.41) is 20.3. The second-order valence-electron chi connectivity index (χ2n) is 7.83. The van der Waals surface area contributed by atoms with Crippen LogP contribution >= 0.6 is 0 Å². The normalized spacial score (nSPS) is 12.4. The van der Waals surface area contributed by atoms with Crippen LogP contribution in [0.4, 0.5) is 20.7 Å². The molecule has 6 nitrogen and oxygen atoms in total. The van der Waals surface area contributed by atoms with E-state index in [9.17, 15) is 14.3 Å². The summed E-state index contributed by atoms with van der Waals surface area (Å²) in [6, 6.07) is 16.3. The molecule has 0 radical (unpaired) electrons. The molecule has 1 heterocycles. The van der Waals surface area contributed by atoms with Crippen molar-refractivity contribution < 1.29 is 14.3 Å². The van der Waals surface area contributed by atoms with Crippen LogP contribution in [0.25, 0.3) is 0 Å². The van der Waals surface area contributed by atoms with Crippen LogP contribution in [0.15, 0.2) is 60.7 Å². The number of nitrogens with zero attached hydrogens (tertiary/aromatic N) is 2. The molecule has 0 aliphatic rings. The highest BCUT2D eigenvalue weighted by Crippen LogP contribution is 2.26. The van der Waals surface area contributed by atoms with E-state index in [-0.39, 0.29) is 17.6 Å². The minimum Gasteiger partial charge on any atom is -0.386 e. The Kier molecular flexibility index (Phi) is 5.98. The highest BCUT2D eigenvalue weighted by molar-refractivity contribution is 5.99. The van der Waals surface area contributed by atoms with E-state index in [2.05, 4.69) is 15.7 Å². The van der Waals surface area contributed by atoms with E-state index < -0.39 is 18.0 Å². The van der Waals surface area contributed by atoms with Crippen molar-refractivity contribution >= 4 is 17.5 Å². The van der Waals surface area contributed by atoms with Gasteiger partial charge in [0.25, 0.3) is 0 Å². The van der Waals surface area contributed by atoms with Crippen LogP contribution in [-0.2, 0) is 12.0 Å². The second-order valence-corrected chi connectivity index (χ2v) is 7.83. The first-order chi connectivity index (χ1) is 13.7. The fraction of sp³-hybridized carbons (Fsp3) is 0.273. The van der Waals surface area contributed by atoms with E-state index in [0.717, 1.165) is 11.3 Å². The van der Waals surface area contributed by atoms with Crippen LogP contribution in [-0.4, -0.2) is 20.9 Å². The maximum Gasteiger partial charge on any atom is 0.324 e. The van der Waals surface area contributed by atoms with E-state index in [4.69, 9.17) is 0 Å². The molecular formula is C22H25FN4O2.